The van der Waals surface area contributed by atoms with Gasteiger partial charge in [0.25, 0.3) is 0 Å². The van der Waals surface area contributed by atoms with Crippen molar-refractivity contribution in [3.63, 3.8) is 0 Å². The number of allylic oxidation sites excluding steroid dienone is 1. The van der Waals surface area contributed by atoms with Crippen LogP contribution in [0, 0.1) is 0 Å². The van der Waals surface area contributed by atoms with Crippen molar-refractivity contribution in [1.29, 1.82) is 0 Å². The Morgan fingerprint density at radius 1 is 0.722 bits per heavy atom. The molecule has 4 nitrogen and oxygen atoms in total. The molecular weight excluding hydrogens is 589 g/mol. The Kier molecular flexibility index (Phi) is 7.67. The molecule has 0 saturated heterocycles. The fourth-order valence-electron chi connectivity index (χ4n) is 2.17. The summed E-state index contributed by atoms with van der Waals surface area (Å²) in [6.45, 7) is -0.201. The van der Waals surface area contributed by atoms with Gasteiger partial charge in [-0.25, -0.2) is 0 Å². The molecule has 0 aromatic rings. The number of rotatable bonds is 8. The topological polar surface area (TPSA) is 50.7 Å². The molecule has 1 rings (SSSR count). The molecule has 1 heterocycles. The van der Waals surface area contributed by atoms with Gasteiger partial charge in [-0.05, 0) is 6.92 Å². The van der Waals surface area contributed by atoms with E-state index in [4.69, 9.17) is 0 Å². The van der Waals surface area contributed by atoms with Gasteiger partial charge in [0.1, 0.15) is 5.70 Å². The third-order valence-corrected chi connectivity index (χ3v) is 5.72. The molecule has 212 valence electrons. The molecule has 1 aliphatic rings. The summed E-state index contributed by atoms with van der Waals surface area (Å²) in [5.41, 5.74) is -2.75. The van der Waals surface area contributed by atoms with Crippen molar-refractivity contribution in [2.75, 3.05) is 6.61 Å². The highest BCUT2D eigenvalue weighted by Crippen LogP contribution is 2.63. The first-order valence-electron chi connectivity index (χ1n) is 8.23. The second kappa shape index (κ2) is 8.59. The lowest BCUT2D eigenvalue weighted by molar-refractivity contribution is -0.448. The maximum absolute atomic E-state index is 14.2. The Morgan fingerprint density at radius 3 is 1.47 bits per heavy atom. The second-order valence-corrected chi connectivity index (χ2v) is 8.38. The molecule has 0 amide bonds. The molecule has 36 heavy (non-hydrogen) atoms. The van der Waals surface area contributed by atoms with E-state index in [0.29, 0.717) is 0 Å². The average molecular weight is 596 g/mol. The Balaban J connectivity index is 3.78. The van der Waals surface area contributed by atoms with Crippen molar-refractivity contribution in [3.05, 3.63) is 11.5 Å². The zero-order valence-corrected chi connectivity index (χ0v) is 17.2. The molecule has 0 aromatic heterocycles. The second-order valence-electron chi connectivity index (χ2n) is 6.54. The number of alkyl halides is 18. The third-order valence-electron chi connectivity index (χ3n) is 4.03. The van der Waals surface area contributed by atoms with E-state index in [9.17, 15) is 83.6 Å². The van der Waals surface area contributed by atoms with Gasteiger partial charge < -0.3 is 9.84 Å². The SMILES string of the molecule is CCOP1(=O)C=C(C(F)(F)F)NC(C(F)(F)C(F)(F)C(F)(F)C(F)(F)C(F)(F)C(F)(F)C(F)(F)F)=N1. The quantitative estimate of drug-likeness (QED) is 0.243. The number of halogens is 18. The Labute approximate surface area is 185 Å². The van der Waals surface area contributed by atoms with Crippen LogP contribution in [0.5, 0.6) is 0 Å². The summed E-state index contributed by atoms with van der Waals surface area (Å²) in [4.78, 5) is 0. The van der Waals surface area contributed by atoms with Crippen LogP contribution in [0.25, 0.3) is 0 Å². The monoisotopic (exact) mass is 596 g/mol. The van der Waals surface area contributed by atoms with Gasteiger partial charge in [-0.3, -0.25) is 4.57 Å². The molecule has 0 fully saturated rings. The van der Waals surface area contributed by atoms with Crippen LogP contribution in [-0.2, 0) is 9.09 Å². The van der Waals surface area contributed by atoms with Gasteiger partial charge >= 0.3 is 55.4 Å². The van der Waals surface area contributed by atoms with Crippen molar-refractivity contribution in [2.24, 2.45) is 4.76 Å². The van der Waals surface area contributed by atoms with Gasteiger partial charge in [0.15, 0.2) is 5.84 Å². The van der Waals surface area contributed by atoms with Crippen molar-refractivity contribution in [2.45, 2.75) is 54.8 Å². The first-order chi connectivity index (χ1) is 15.5. The van der Waals surface area contributed by atoms with Crippen molar-refractivity contribution < 1.29 is 88.1 Å². The van der Waals surface area contributed by atoms with Gasteiger partial charge in [-0.15, -0.1) is 0 Å². The molecule has 1 atom stereocenters. The Bertz CT molecular complexity index is 963. The zero-order valence-electron chi connectivity index (χ0n) is 16.3. The summed E-state index contributed by atoms with van der Waals surface area (Å²) < 4.78 is 256. The van der Waals surface area contributed by atoms with Crippen LogP contribution in [0.15, 0.2) is 16.3 Å². The predicted molar refractivity (Wildman–Crippen MR) is 79.7 cm³/mol. The number of nitrogens with zero attached hydrogens (tertiary/aromatic N) is 1. The van der Waals surface area contributed by atoms with Crippen LogP contribution >= 0.6 is 7.52 Å². The molecule has 1 N–H and O–H groups in total. The zero-order chi connectivity index (χ0) is 29.2. The lowest BCUT2D eigenvalue weighted by Gasteiger charge is -2.42. The van der Waals surface area contributed by atoms with Crippen LogP contribution in [0.3, 0.4) is 0 Å². The normalized spacial score (nSPS) is 21.6. The molecular formula is C13H7F18N2O2P. The van der Waals surface area contributed by atoms with Gasteiger partial charge in [-0.2, -0.15) is 83.8 Å². The minimum absolute atomic E-state index is 0.180. The van der Waals surface area contributed by atoms with E-state index in [0.717, 1.165) is 6.92 Å². The summed E-state index contributed by atoms with van der Waals surface area (Å²) in [7, 11) is -5.68. The molecule has 0 saturated carbocycles. The van der Waals surface area contributed by atoms with E-state index in [-0.39, 0.29) is 5.32 Å². The van der Waals surface area contributed by atoms with E-state index in [1.54, 1.807) is 0 Å². The molecule has 1 aliphatic heterocycles. The molecule has 1 unspecified atom stereocenters. The number of hydrogen-bond acceptors (Lipinski definition) is 3. The Morgan fingerprint density at radius 2 is 1.11 bits per heavy atom. The average Bonchev–Trinajstić information content (AvgIpc) is 2.65. The third kappa shape index (κ3) is 4.62. The summed E-state index contributed by atoms with van der Waals surface area (Å²) in [6.07, 6.45) is -13.8. The number of hydrogen-bond donors (Lipinski definition) is 1. The highest BCUT2D eigenvalue weighted by Gasteiger charge is 2.93. The van der Waals surface area contributed by atoms with Gasteiger partial charge in [0.05, 0.1) is 12.4 Å². The molecule has 23 heteroatoms. The standard InChI is InChI=1S/C13H7F18N2O2P/c1-2-35-36(34)3-4(7(16,17)18)32-5(33-36)6(14,15)8(19,20)9(21,22)10(23,24)11(25,26)12(27,28)13(29,30)31/h3H,2H2,1H3,(H,32,33,34). The maximum Gasteiger partial charge on any atom is 0.460 e. The molecule has 0 aliphatic carbocycles. The van der Waals surface area contributed by atoms with E-state index >= 15 is 0 Å². The minimum Gasteiger partial charge on any atom is -0.334 e. The van der Waals surface area contributed by atoms with Crippen molar-refractivity contribution >= 4 is 13.4 Å². The molecule has 0 aromatic carbocycles. The smallest absolute Gasteiger partial charge is 0.334 e. The largest absolute Gasteiger partial charge is 0.460 e. The predicted octanol–water partition coefficient (Wildman–Crippen LogP) is 7.00. The number of nitrogens with one attached hydrogen (secondary N) is 1. The molecule has 0 bridgehead atoms. The summed E-state index contributed by atoms with van der Waals surface area (Å²) in [5.74, 6) is -53.7. The molecule has 0 spiro atoms. The van der Waals surface area contributed by atoms with E-state index in [2.05, 4.69) is 4.52 Å². The fourth-order valence-corrected chi connectivity index (χ4v) is 3.72. The molecule has 0 radical (unpaired) electrons. The summed E-state index contributed by atoms with van der Waals surface area (Å²) in [5, 5.41) is 0.180. The van der Waals surface area contributed by atoms with Gasteiger partial charge in [0.2, 0.25) is 0 Å². The van der Waals surface area contributed by atoms with Gasteiger partial charge in [0, 0.05) is 0 Å². The highest BCUT2D eigenvalue weighted by molar-refractivity contribution is 7.61. The lowest BCUT2D eigenvalue weighted by Crippen LogP contribution is -2.74. The van der Waals surface area contributed by atoms with Gasteiger partial charge in [-0.1, -0.05) is 0 Å². The maximum atomic E-state index is 14.2. The lowest BCUT2D eigenvalue weighted by atomic mass is 9.90. The van der Waals surface area contributed by atoms with Crippen LogP contribution in [0.2, 0.25) is 0 Å². The Hall–Kier alpha value is -1.86. The first kappa shape index (κ1) is 32.2. The van der Waals surface area contributed by atoms with Crippen LogP contribution in [-0.4, -0.2) is 60.3 Å². The summed E-state index contributed by atoms with van der Waals surface area (Å²) in [6, 6.07) is 0. The van der Waals surface area contributed by atoms with Crippen LogP contribution < -0.4 is 5.32 Å². The van der Waals surface area contributed by atoms with E-state index < -0.39 is 79.4 Å². The van der Waals surface area contributed by atoms with E-state index in [1.807, 2.05) is 4.76 Å². The summed E-state index contributed by atoms with van der Waals surface area (Å²) >= 11 is 0. The van der Waals surface area contributed by atoms with Crippen LogP contribution in [0.4, 0.5) is 79.0 Å². The van der Waals surface area contributed by atoms with Crippen molar-refractivity contribution in [3.8, 4) is 0 Å². The van der Waals surface area contributed by atoms with E-state index in [1.165, 1.54) is 0 Å². The number of amidine groups is 1. The van der Waals surface area contributed by atoms with Crippen molar-refractivity contribution in [1.82, 2.24) is 5.32 Å². The fraction of sp³-hybridized carbons (Fsp3) is 0.769. The minimum atomic E-state index is -8.66. The highest BCUT2D eigenvalue weighted by atomic mass is 31.2. The first-order valence-corrected chi connectivity index (χ1v) is 9.88. The van der Waals surface area contributed by atoms with Crippen LogP contribution in [0.1, 0.15) is 6.92 Å².